The molecule has 1 atom stereocenters. The lowest BCUT2D eigenvalue weighted by Gasteiger charge is -2.29. The van der Waals surface area contributed by atoms with Gasteiger partial charge in [-0.25, -0.2) is 0 Å². The molecule has 1 unspecified atom stereocenters. The van der Waals surface area contributed by atoms with Crippen molar-refractivity contribution in [1.82, 2.24) is 10.2 Å². The van der Waals surface area contributed by atoms with Crippen molar-refractivity contribution < 1.29 is 4.42 Å². The maximum absolute atomic E-state index is 5.25. The minimum Gasteiger partial charge on any atom is -0.423 e. The molecule has 0 bridgehead atoms. The van der Waals surface area contributed by atoms with Gasteiger partial charge in [0.2, 0.25) is 12.3 Å². The number of hydrogen-bond acceptors (Lipinski definition) is 4. The molecule has 20 heavy (non-hydrogen) atoms. The number of anilines is 1. The van der Waals surface area contributed by atoms with E-state index in [1.165, 1.54) is 38.5 Å². The minimum atomic E-state index is 0.508. The molecule has 2 aromatic rings. The Kier molecular flexibility index (Phi) is 4.00. The normalized spacial score (nSPS) is 17.9. The van der Waals surface area contributed by atoms with Gasteiger partial charge in [-0.1, -0.05) is 25.3 Å². The highest BCUT2D eigenvalue weighted by molar-refractivity contribution is 5.61. The summed E-state index contributed by atoms with van der Waals surface area (Å²) in [6.45, 7) is 2.29. The second-order valence-corrected chi connectivity index (χ2v) is 5.66. The third-order valence-electron chi connectivity index (χ3n) is 4.22. The van der Waals surface area contributed by atoms with Crippen LogP contribution in [0, 0.1) is 5.92 Å². The SMILES string of the molecule is CC(Nc1cccc(-c2nnco2)c1)C1CCCCC1. The predicted molar refractivity (Wildman–Crippen MR) is 79.4 cm³/mol. The molecule has 1 aromatic heterocycles. The lowest BCUT2D eigenvalue weighted by atomic mass is 9.84. The molecule has 0 aliphatic heterocycles. The zero-order chi connectivity index (χ0) is 13.8. The molecular formula is C16H21N3O. The molecule has 1 heterocycles. The maximum Gasteiger partial charge on any atom is 0.247 e. The lowest BCUT2D eigenvalue weighted by molar-refractivity contribution is 0.328. The fraction of sp³-hybridized carbons (Fsp3) is 0.500. The summed E-state index contributed by atoms with van der Waals surface area (Å²) in [6.07, 6.45) is 8.20. The summed E-state index contributed by atoms with van der Waals surface area (Å²) in [5.41, 5.74) is 2.09. The summed E-state index contributed by atoms with van der Waals surface area (Å²) in [4.78, 5) is 0. The largest absolute Gasteiger partial charge is 0.423 e. The van der Waals surface area contributed by atoms with Crippen LogP contribution in [0.1, 0.15) is 39.0 Å². The molecule has 0 saturated heterocycles. The molecule has 1 aromatic carbocycles. The predicted octanol–water partition coefficient (Wildman–Crippen LogP) is 4.12. The van der Waals surface area contributed by atoms with Gasteiger partial charge in [0.1, 0.15) is 0 Å². The first-order valence-electron chi connectivity index (χ1n) is 7.46. The molecule has 1 aliphatic rings. The standard InChI is InChI=1S/C16H21N3O/c1-12(13-6-3-2-4-7-13)18-15-9-5-8-14(10-15)16-19-17-11-20-16/h5,8-13,18H,2-4,6-7H2,1H3. The Bertz CT molecular complexity index is 532. The molecule has 4 heteroatoms. The third kappa shape index (κ3) is 3.00. The smallest absolute Gasteiger partial charge is 0.247 e. The topological polar surface area (TPSA) is 51.0 Å². The van der Waals surface area contributed by atoms with Crippen LogP contribution >= 0.6 is 0 Å². The Labute approximate surface area is 119 Å². The Morgan fingerprint density at radius 1 is 1.25 bits per heavy atom. The van der Waals surface area contributed by atoms with Gasteiger partial charge in [-0.3, -0.25) is 0 Å². The molecule has 1 saturated carbocycles. The summed E-state index contributed by atoms with van der Waals surface area (Å²) >= 11 is 0. The van der Waals surface area contributed by atoms with E-state index in [-0.39, 0.29) is 0 Å². The van der Waals surface area contributed by atoms with Crippen molar-refractivity contribution in [2.24, 2.45) is 5.92 Å². The van der Waals surface area contributed by atoms with E-state index in [1.54, 1.807) is 0 Å². The van der Waals surface area contributed by atoms with Gasteiger partial charge in [0.25, 0.3) is 0 Å². The summed E-state index contributed by atoms with van der Waals surface area (Å²) in [7, 11) is 0. The van der Waals surface area contributed by atoms with E-state index in [4.69, 9.17) is 4.42 Å². The van der Waals surface area contributed by atoms with E-state index >= 15 is 0 Å². The van der Waals surface area contributed by atoms with Crippen LogP contribution in [0.25, 0.3) is 11.5 Å². The first kappa shape index (κ1) is 13.2. The van der Waals surface area contributed by atoms with Gasteiger partial charge >= 0.3 is 0 Å². The van der Waals surface area contributed by atoms with Gasteiger partial charge in [-0.15, -0.1) is 10.2 Å². The second-order valence-electron chi connectivity index (χ2n) is 5.66. The molecule has 0 amide bonds. The highest BCUT2D eigenvalue weighted by Gasteiger charge is 2.19. The highest BCUT2D eigenvalue weighted by Crippen LogP contribution is 2.29. The quantitative estimate of drug-likeness (QED) is 0.909. The van der Waals surface area contributed by atoms with E-state index in [2.05, 4.69) is 34.6 Å². The number of hydrogen-bond donors (Lipinski definition) is 1. The highest BCUT2D eigenvalue weighted by atomic mass is 16.4. The van der Waals surface area contributed by atoms with Crippen LogP contribution in [-0.2, 0) is 0 Å². The summed E-state index contributed by atoms with van der Waals surface area (Å²) in [5.74, 6) is 1.36. The van der Waals surface area contributed by atoms with Crippen LogP contribution in [0.15, 0.2) is 35.1 Å². The van der Waals surface area contributed by atoms with Crippen LogP contribution in [0.5, 0.6) is 0 Å². The Balaban J connectivity index is 1.69. The summed E-state index contributed by atoms with van der Waals surface area (Å²) in [6, 6.07) is 8.69. The number of rotatable bonds is 4. The Morgan fingerprint density at radius 3 is 2.85 bits per heavy atom. The van der Waals surface area contributed by atoms with Gasteiger partial charge < -0.3 is 9.73 Å². The fourth-order valence-electron chi connectivity index (χ4n) is 3.06. The van der Waals surface area contributed by atoms with Crippen molar-refractivity contribution >= 4 is 5.69 Å². The van der Waals surface area contributed by atoms with Crippen molar-refractivity contribution in [3.8, 4) is 11.5 Å². The first-order chi connectivity index (χ1) is 9.83. The minimum absolute atomic E-state index is 0.508. The number of aromatic nitrogens is 2. The molecule has 0 spiro atoms. The molecular weight excluding hydrogens is 250 g/mol. The van der Waals surface area contributed by atoms with E-state index in [0.29, 0.717) is 11.9 Å². The molecule has 1 aliphatic carbocycles. The average molecular weight is 271 g/mol. The van der Waals surface area contributed by atoms with Crippen molar-refractivity contribution in [1.29, 1.82) is 0 Å². The van der Waals surface area contributed by atoms with Gasteiger partial charge in [-0.2, -0.15) is 0 Å². The Hall–Kier alpha value is -1.84. The van der Waals surface area contributed by atoms with E-state index < -0.39 is 0 Å². The molecule has 3 rings (SSSR count). The van der Waals surface area contributed by atoms with E-state index in [1.807, 2.05) is 12.1 Å². The molecule has 106 valence electrons. The monoisotopic (exact) mass is 271 g/mol. The second kappa shape index (κ2) is 6.07. The van der Waals surface area contributed by atoms with Crippen molar-refractivity contribution in [2.45, 2.75) is 45.1 Å². The first-order valence-corrected chi connectivity index (χ1v) is 7.46. The van der Waals surface area contributed by atoms with Gasteiger partial charge in [0.05, 0.1) is 0 Å². The molecule has 1 N–H and O–H groups in total. The number of nitrogens with zero attached hydrogens (tertiary/aromatic N) is 2. The van der Waals surface area contributed by atoms with Crippen molar-refractivity contribution in [3.63, 3.8) is 0 Å². The van der Waals surface area contributed by atoms with E-state index in [0.717, 1.165) is 17.2 Å². The van der Waals surface area contributed by atoms with Crippen LogP contribution in [0.4, 0.5) is 5.69 Å². The maximum atomic E-state index is 5.25. The number of benzene rings is 1. The zero-order valence-electron chi connectivity index (χ0n) is 11.9. The lowest BCUT2D eigenvalue weighted by Crippen LogP contribution is -2.27. The van der Waals surface area contributed by atoms with Crippen molar-refractivity contribution in [3.05, 3.63) is 30.7 Å². The van der Waals surface area contributed by atoms with Crippen LogP contribution in [-0.4, -0.2) is 16.2 Å². The van der Waals surface area contributed by atoms with Crippen LogP contribution in [0.2, 0.25) is 0 Å². The molecule has 0 radical (unpaired) electrons. The number of nitrogens with one attached hydrogen (secondary N) is 1. The van der Waals surface area contributed by atoms with Gasteiger partial charge in [-0.05, 0) is 43.9 Å². The van der Waals surface area contributed by atoms with Crippen LogP contribution in [0.3, 0.4) is 0 Å². The van der Waals surface area contributed by atoms with Gasteiger partial charge in [0.15, 0.2) is 0 Å². The van der Waals surface area contributed by atoms with Gasteiger partial charge in [0, 0.05) is 17.3 Å². The summed E-state index contributed by atoms with van der Waals surface area (Å²) in [5, 5.41) is 11.3. The summed E-state index contributed by atoms with van der Waals surface area (Å²) < 4.78 is 5.25. The molecule has 1 fully saturated rings. The average Bonchev–Trinajstić information content (AvgIpc) is 3.03. The van der Waals surface area contributed by atoms with Crippen molar-refractivity contribution in [2.75, 3.05) is 5.32 Å². The Morgan fingerprint density at radius 2 is 2.10 bits per heavy atom. The fourth-order valence-corrected chi connectivity index (χ4v) is 3.06. The van der Waals surface area contributed by atoms with Crippen LogP contribution < -0.4 is 5.32 Å². The third-order valence-corrected chi connectivity index (χ3v) is 4.22. The zero-order valence-corrected chi connectivity index (χ0v) is 11.9. The van der Waals surface area contributed by atoms with E-state index in [9.17, 15) is 0 Å². The molecule has 4 nitrogen and oxygen atoms in total.